The lowest BCUT2D eigenvalue weighted by Gasteiger charge is -2.31. The third-order valence-corrected chi connectivity index (χ3v) is 6.62. The minimum Gasteiger partial charge on any atom is -0.324 e. The summed E-state index contributed by atoms with van der Waals surface area (Å²) < 4.78 is 26.6. The monoisotopic (exact) mass is 443 g/mol. The summed E-state index contributed by atoms with van der Waals surface area (Å²) in [6.07, 6.45) is 2.82. The van der Waals surface area contributed by atoms with Gasteiger partial charge in [0.2, 0.25) is 21.8 Å². The van der Waals surface area contributed by atoms with Gasteiger partial charge in [-0.15, -0.1) is 0 Å². The number of sulfonamides is 1. The van der Waals surface area contributed by atoms with Crippen LogP contribution >= 0.6 is 0 Å². The number of amides is 2. The topological polar surface area (TPSA) is 86.8 Å². The summed E-state index contributed by atoms with van der Waals surface area (Å²) in [6.45, 7) is 6.20. The molecule has 0 saturated carbocycles. The second-order valence-electron chi connectivity index (χ2n) is 7.96. The number of nitrogens with one attached hydrogen (secondary N) is 1. The van der Waals surface area contributed by atoms with Crippen molar-refractivity contribution in [1.82, 2.24) is 0 Å². The van der Waals surface area contributed by atoms with E-state index >= 15 is 0 Å². The predicted octanol–water partition coefficient (Wildman–Crippen LogP) is 3.61. The van der Waals surface area contributed by atoms with Crippen LogP contribution in [-0.2, 0) is 19.6 Å². The molecule has 1 unspecified atom stereocenters. The van der Waals surface area contributed by atoms with E-state index in [0.717, 1.165) is 29.5 Å². The van der Waals surface area contributed by atoms with Crippen LogP contribution in [0.25, 0.3) is 0 Å². The van der Waals surface area contributed by atoms with Crippen molar-refractivity contribution < 1.29 is 18.0 Å². The van der Waals surface area contributed by atoms with E-state index in [1.165, 1.54) is 4.31 Å². The van der Waals surface area contributed by atoms with Gasteiger partial charge in [-0.05, 0) is 68.1 Å². The largest absolute Gasteiger partial charge is 0.324 e. The van der Waals surface area contributed by atoms with Crippen LogP contribution in [0.4, 0.5) is 17.1 Å². The first kappa shape index (κ1) is 22.8. The molecule has 0 bridgehead atoms. The fraction of sp³-hybridized carbons (Fsp3) is 0.391. The van der Waals surface area contributed by atoms with Gasteiger partial charge in [-0.1, -0.05) is 19.1 Å². The third kappa shape index (κ3) is 5.07. The first-order valence-electron chi connectivity index (χ1n) is 10.4. The lowest BCUT2D eigenvalue weighted by Crippen LogP contribution is -2.47. The van der Waals surface area contributed by atoms with Gasteiger partial charge in [-0.3, -0.25) is 13.9 Å². The van der Waals surface area contributed by atoms with Crippen molar-refractivity contribution >= 4 is 38.9 Å². The Kier molecular flexibility index (Phi) is 6.69. The molecule has 2 aromatic carbocycles. The number of hydrogen-bond donors (Lipinski definition) is 1. The Labute approximate surface area is 184 Å². The summed E-state index contributed by atoms with van der Waals surface area (Å²) in [5.74, 6) is -0.306. The van der Waals surface area contributed by atoms with E-state index in [1.54, 1.807) is 42.2 Å². The highest BCUT2D eigenvalue weighted by Gasteiger charge is 2.32. The maximum atomic E-state index is 13.1. The number of nitrogens with zero attached hydrogens (tertiary/aromatic N) is 2. The number of anilines is 3. The fourth-order valence-electron chi connectivity index (χ4n) is 3.86. The maximum absolute atomic E-state index is 13.1. The van der Waals surface area contributed by atoms with E-state index in [4.69, 9.17) is 0 Å². The van der Waals surface area contributed by atoms with Crippen LogP contribution in [0, 0.1) is 13.8 Å². The molecule has 0 radical (unpaired) electrons. The van der Waals surface area contributed by atoms with Crippen molar-refractivity contribution in [1.29, 1.82) is 0 Å². The number of carbonyl (C=O) groups excluding carboxylic acids is 2. The molecule has 2 aromatic rings. The van der Waals surface area contributed by atoms with Gasteiger partial charge in [0.05, 0.1) is 11.9 Å². The number of rotatable bonds is 7. The molecule has 8 heteroatoms. The highest BCUT2D eigenvalue weighted by atomic mass is 32.2. The Morgan fingerprint density at radius 1 is 1.16 bits per heavy atom. The Morgan fingerprint density at radius 3 is 2.39 bits per heavy atom. The van der Waals surface area contributed by atoms with Gasteiger partial charge in [0.1, 0.15) is 6.04 Å². The average Bonchev–Trinajstić information content (AvgIpc) is 3.13. The molecule has 31 heavy (non-hydrogen) atoms. The molecule has 1 saturated heterocycles. The molecule has 1 aliphatic rings. The molecule has 1 aliphatic heterocycles. The number of aryl methyl sites for hydroxylation is 2. The number of hydrogen-bond acceptors (Lipinski definition) is 4. The third-order valence-electron chi connectivity index (χ3n) is 5.45. The van der Waals surface area contributed by atoms with Gasteiger partial charge in [-0.2, -0.15) is 0 Å². The molecule has 1 fully saturated rings. The van der Waals surface area contributed by atoms with Crippen molar-refractivity contribution in [2.45, 2.75) is 46.1 Å². The van der Waals surface area contributed by atoms with E-state index in [2.05, 4.69) is 5.32 Å². The van der Waals surface area contributed by atoms with Gasteiger partial charge < -0.3 is 10.2 Å². The van der Waals surface area contributed by atoms with E-state index in [0.29, 0.717) is 30.8 Å². The van der Waals surface area contributed by atoms with Crippen molar-refractivity contribution in [2.24, 2.45) is 0 Å². The van der Waals surface area contributed by atoms with Crippen LogP contribution in [0.2, 0.25) is 0 Å². The van der Waals surface area contributed by atoms with Crippen LogP contribution in [-0.4, -0.2) is 39.1 Å². The second kappa shape index (κ2) is 9.09. The van der Waals surface area contributed by atoms with E-state index in [-0.39, 0.29) is 5.91 Å². The van der Waals surface area contributed by atoms with E-state index < -0.39 is 22.0 Å². The van der Waals surface area contributed by atoms with Crippen LogP contribution in [0.1, 0.15) is 37.3 Å². The first-order valence-corrected chi connectivity index (χ1v) is 12.2. The zero-order valence-electron chi connectivity index (χ0n) is 18.4. The summed E-state index contributed by atoms with van der Waals surface area (Å²) >= 11 is 0. The van der Waals surface area contributed by atoms with Crippen LogP contribution < -0.4 is 14.5 Å². The molecule has 166 valence electrons. The van der Waals surface area contributed by atoms with E-state index in [9.17, 15) is 18.0 Å². The van der Waals surface area contributed by atoms with Gasteiger partial charge >= 0.3 is 0 Å². The number of benzene rings is 2. The lowest BCUT2D eigenvalue weighted by molar-refractivity contribution is -0.118. The van der Waals surface area contributed by atoms with Crippen molar-refractivity contribution in [3.8, 4) is 0 Å². The van der Waals surface area contributed by atoms with Crippen molar-refractivity contribution in [2.75, 3.05) is 27.3 Å². The molecule has 0 aliphatic carbocycles. The fourth-order valence-corrected chi connectivity index (χ4v) is 5.12. The summed E-state index contributed by atoms with van der Waals surface area (Å²) in [7, 11) is -3.70. The molecule has 1 atom stereocenters. The predicted molar refractivity (Wildman–Crippen MR) is 124 cm³/mol. The van der Waals surface area contributed by atoms with Crippen LogP contribution in [0.15, 0.2) is 42.5 Å². The zero-order chi connectivity index (χ0) is 22.8. The molecular weight excluding hydrogens is 414 g/mol. The molecule has 0 spiro atoms. The van der Waals surface area contributed by atoms with Gasteiger partial charge in [-0.25, -0.2) is 8.42 Å². The molecule has 7 nitrogen and oxygen atoms in total. The molecule has 1 heterocycles. The van der Waals surface area contributed by atoms with E-state index in [1.807, 2.05) is 26.0 Å². The minimum absolute atomic E-state index is 0.0974. The highest BCUT2D eigenvalue weighted by molar-refractivity contribution is 7.92. The van der Waals surface area contributed by atoms with Crippen molar-refractivity contribution in [3.63, 3.8) is 0 Å². The molecule has 1 N–H and O–H groups in total. The second-order valence-corrected chi connectivity index (χ2v) is 9.82. The first-order chi connectivity index (χ1) is 14.6. The lowest BCUT2D eigenvalue weighted by atomic mass is 10.1. The molecule has 3 rings (SSSR count). The summed E-state index contributed by atoms with van der Waals surface area (Å²) in [5.41, 5.74) is 3.54. The Hall–Kier alpha value is -2.87. The Balaban J connectivity index is 1.85. The van der Waals surface area contributed by atoms with Gasteiger partial charge in [0.15, 0.2) is 0 Å². The Bertz CT molecular complexity index is 1080. The standard InChI is InChI=1S/C23H29N3O4S/c1-5-20(26(31(4,29)30)21-15-16(2)8-9-17(21)3)23(28)24-18-10-12-19(13-11-18)25-14-6-7-22(25)27/h8-13,15,20H,5-7,14H2,1-4H3,(H,24,28). The Morgan fingerprint density at radius 2 is 1.84 bits per heavy atom. The van der Waals surface area contributed by atoms with Crippen LogP contribution in [0.3, 0.4) is 0 Å². The van der Waals surface area contributed by atoms with Crippen molar-refractivity contribution in [3.05, 3.63) is 53.6 Å². The molecule has 2 amide bonds. The van der Waals surface area contributed by atoms with Gasteiger partial charge in [0.25, 0.3) is 0 Å². The maximum Gasteiger partial charge on any atom is 0.248 e. The zero-order valence-corrected chi connectivity index (χ0v) is 19.2. The van der Waals surface area contributed by atoms with Gasteiger partial charge in [0, 0.05) is 24.3 Å². The number of carbonyl (C=O) groups is 2. The quantitative estimate of drug-likeness (QED) is 0.708. The normalized spacial score (nSPS) is 15.1. The minimum atomic E-state index is -3.70. The highest BCUT2D eigenvalue weighted by Crippen LogP contribution is 2.28. The molecular formula is C23H29N3O4S. The van der Waals surface area contributed by atoms with Crippen LogP contribution in [0.5, 0.6) is 0 Å². The smallest absolute Gasteiger partial charge is 0.248 e. The SMILES string of the molecule is CCC(C(=O)Nc1ccc(N2CCCC2=O)cc1)N(c1cc(C)ccc1C)S(C)(=O)=O. The summed E-state index contributed by atoms with van der Waals surface area (Å²) in [6, 6.07) is 11.7. The summed E-state index contributed by atoms with van der Waals surface area (Å²) in [5, 5.41) is 2.83. The average molecular weight is 444 g/mol. The summed E-state index contributed by atoms with van der Waals surface area (Å²) in [4.78, 5) is 26.8. The molecule has 0 aromatic heterocycles.